The van der Waals surface area contributed by atoms with Gasteiger partial charge in [0.15, 0.2) is 0 Å². The lowest BCUT2D eigenvalue weighted by atomic mass is 9.85. The van der Waals surface area contributed by atoms with E-state index in [1.165, 1.54) is 6.07 Å². The van der Waals surface area contributed by atoms with Gasteiger partial charge in [-0.25, -0.2) is 4.39 Å². The van der Waals surface area contributed by atoms with Crippen LogP contribution in [-0.2, 0) is 5.54 Å². The van der Waals surface area contributed by atoms with Gasteiger partial charge in [-0.15, -0.1) is 0 Å². The minimum absolute atomic E-state index is 0.228. The van der Waals surface area contributed by atoms with Crippen molar-refractivity contribution in [3.8, 4) is 0 Å². The predicted molar refractivity (Wildman–Crippen MR) is 73.2 cm³/mol. The lowest BCUT2D eigenvalue weighted by Gasteiger charge is -2.27. The Morgan fingerprint density at radius 3 is 2.44 bits per heavy atom. The zero-order chi connectivity index (χ0) is 13.3. The van der Waals surface area contributed by atoms with Crippen molar-refractivity contribution >= 4 is 11.6 Å². The van der Waals surface area contributed by atoms with Gasteiger partial charge in [0.25, 0.3) is 0 Å². The number of halogens is 2. The highest BCUT2D eigenvalue weighted by atomic mass is 35.5. The quantitative estimate of drug-likeness (QED) is 0.870. The maximum absolute atomic E-state index is 13.3. The minimum atomic E-state index is -0.739. The average Bonchev–Trinajstić information content (AvgIpc) is 2.33. The maximum atomic E-state index is 13.3. The van der Waals surface area contributed by atoms with E-state index >= 15 is 0 Å². The molecule has 94 valence electrons. The SMILES string of the molecule is Cc1cc(C(C)(N)c2ccccc2Cl)ccc1F. The van der Waals surface area contributed by atoms with Gasteiger partial charge >= 0.3 is 0 Å². The van der Waals surface area contributed by atoms with Crippen molar-refractivity contribution in [1.29, 1.82) is 0 Å². The van der Waals surface area contributed by atoms with E-state index in [0.717, 1.165) is 11.1 Å². The average molecular weight is 264 g/mol. The van der Waals surface area contributed by atoms with Gasteiger partial charge in [0, 0.05) is 5.02 Å². The van der Waals surface area contributed by atoms with Crippen molar-refractivity contribution in [3.05, 3.63) is 70.0 Å². The number of aryl methyl sites for hydroxylation is 1. The third-order valence-corrected chi connectivity index (χ3v) is 3.52. The molecule has 0 fully saturated rings. The fraction of sp³-hybridized carbons (Fsp3) is 0.200. The highest BCUT2D eigenvalue weighted by molar-refractivity contribution is 6.31. The van der Waals surface area contributed by atoms with Crippen LogP contribution in [0.1, 0.15) is 23.6 Å². The molecule has 0 saturated heterocycles. The van der Waals surface area contributed by atoms with Gasteiger partial charge in [0.1, 0.15) is 5.82 Å². The van der Waals surface area contributed by atoms with E-state index in [4.69, 9.17) is 17.3 Å². The Labute approximate surface area is 111 Å². The molecule has 0 aliphatic carbocycles. The number of rotatable bonds is 2. The van der Waals surface area contributed by atoms with Crippen molar-refractivity contribution in [2.75, 3.05) is 0 Å². The smallest absolute Gasteiger partial charge is 0.126 e. The summed E-state index contributed by atoms with van der Waals surface area (Å²) in [5.41, 5.74) is 7.89. The Bertz CT molecular complexity index is 578. The molecule has 0 spiro atoms. The molecule has 0 amide bonds. The van der Waals surface area contributed by atoms with Crippen LogP contribution < -0.4 is 5.73 Å². The molecule has 0 aliphatic heterocycles. The summed E-state index contributed by atoms with van der Waals surface area (Å²) >= 11 is 6.18. The first-order chi connectivity index (χ1) is 8.43. The highest BCUT2D eigenvalue weighted by Gasteiger charge is 2.26. The van der Waals surface area contributed by atoms with Crippen LogP contribution in [0.15, 0.2) is 42.5 Å². The van der Waals surface area contributed by atoms with E-state index in [0.29, 0.717) is 10.6 Å². The van der Waals surface area contributed by atoms with Crippen molar-refractivity contribution < 1.29 is 4.39 Å². The molecule has 2 rings (SSSR count). The van der Waals surface area contributed by atoms with Crippen molar-refractivity contribution in [3.63, 3.8) is 0 Å². The number of nitrogens with two attached hydrogens (primary N) is 1. The summed E-state index contributed by atoms with van der Waals surface area (Å²) < 4.78 is 13.3. The molecule has 0 bridgehead atoms. The molecule has 1 unspecified atom stereocenters. The first-order valence-corrected chi connectivity index (χ1v) is 6.11. The van der Waals surface area contributed by atoms with Crippen LogP contribution in [0.2, 0.25) is 5.02 Å². The molecular weight excluding hydrogens is 249 g/mol. The van der Waals surface area contributed by atoms with Gasteiger partial charge in [0.05, 0.1) is 5.54 Å². The van der Waals surface area contributed by atoms with Gasteiger partial charge < -0.3 is 5.73 Å². The fourth-order valence-corrected chi connectivity index (χ4v) is 2.34. The van der Waals surface area contributed by atoms with Crippen LogP contribution in [0.3, 0.4) is 0 Å². The zero-order valence-corrected chi connectivity index (χ0v) is 11.1. The topological polar surface area (TPSA) is 26.0 Å². The van der Waals surface area contributed by atoms with E-state index in [2.05, 4.69) is 0 Å². The minimum Gasteiger partial charge on any atom is -0.318 e. The van der Waals surface area contributed by atoms with Crippen LogP contribution in [0, 0.1) is 12.7 Å². The summed E-state index contributed by atoms with van der Waals surface area (Å²) in [4.78, 5) is 0. The second kappa shape index (κ2) is 4.71. The van der Waals surface area contributed by atoms with Gasteiger partial charge in [-0.1, -0.05) is 41.9 Å². The first-order valence-electron chi connectivity index (χ1n) is 5.73. The Balaban J connectivity index is 2.54. The molecule has 0 aromatic heterocycles. The summed E-state index contributed by atoms with van der Waals surface area (Å²) in [7, 11) is 0. The Morgan fingerprint density at radius 1 is 1.17 bits per heavy atom. The summed E-state index contributed by atoms with van der Waals surface area (Å²) in [6.07, 6.45) is 0. The molecule has 1 atom stereocenters. The largest absolute Gasteiger partial charge is 0.318 e. The predicted octanol–water partition coefficient (Wildman–Crippen LogP) is 4.01. The van der Waals surface area contributed by atoms with Gasteiger partial charge in [0.2, 0.25) is 0 Å². The Kier molecular flexibility index (Phi) is 3.42. The lowest BCUT2D eigenvalue weighted by molar-refractivity contribution is 0.589. The lowest BCUT2D eigenvalue weighted by Crippen LogP contribution is -2.34. The molecule has 2 aromatic carbocycles. The molecule has 3 heteroatoms. The summed E-state index contributed by atoms with van der Waals surface area (Å²) in [6, 6.07) is 12.3. The van der Waals surface area contributed by atoms with E-state index in [9.17, 15) is 4.39 Å². The highest BCUT2D eigenvalue weighted by Crippen LogP contribution is 2.32. The normalized spacial score (nSPS) is 14.3. The molecule has 1 nitrogen and oxygen atoms in total. The molecular formula is C15H15ClFN. The number of benzene rings is 2. The van der Waals surface area contributed by atoms with Crippen molar-refractivity contribution in [2.45, 2.75) is 19.4 Å². The Morgan fingerprint density at radius 2 is 1.83 bits per heavy atom. The standard InChI is InChI=1S/C15H15ClFN/c1-10-9-11(7-8-14(10)17)15(2,18)12-5-3-4-6-13(12)16/h3-9H,18H2,1-2H3. The molecule has 2 aromatic rings. The molecule has 0 aliphatic rings. The molecule has 2 N–H and O–H groups in total. The van der Waals surface area contributed by atoms with Gasteiger partial charge in [-0.05, 0) is 42.7 Å². The molecule has 0 saturated carbocycles. The van der Waals surface area contributed by atoms with Crippen molar-refractivity contribution in [1.82, 2.24) is 0 Å². The van der Waals surface area contributed by atoms with E-state index in [1.54, 1.807) is 25.1 Å². The summed E-state index contributed by atoms with van der Waals surface area (Å²) in [5, 5.41) is 0.615. The monoisotopic (exact) mass is 263 g/mol. The van der Waals surface area contributed by atoms with E-state index < -0.39 is 5.54 Å². The van der Waals surface area contributed by atoms with Crippen LogP contribution in [-0.4, -0.2) is 0 Å². The third-order valence-electron chi connectivity index (χ3n) is 3.19. The van der Waals surface area contributed by atoms with Crippen LogP contribution >= 0.6 is 11.6 Å². The second-order valence-corrected chi connectivity index (χ2v) is 5.05. The zero-order valence-electron chi connectivity index (χ0n) is 10.4. The van der Waals surface area contributed by atoms with E-state index in [1.807, 2.05) is 25.1 Å². The maximum Gasteiger partial charge on any atom is 0.126 e. The molecule has 0 radical (unpaired) electrons. The first kappa shape index (κ1) is 13.1. The van der Waals surface area contributed by atoms with Gasteiger partial charge in [-0.2, -0.15) is 0 Å². The van der Waals surface area contributed by atoms with Crippen LogP contribution in [0.25, 0.3) is 0 Å². The fourth-order valence-electron chi connectivity index (χ4n) is 2.01. The summed E-state index contributed by atoms with van der Waals surface area (Å²) in [6.45, 7) is 3.60. The third kappa shape index (κ3) is 2.26. The number of hydrogen-bond donors (Lipinski definition) is 1. The van der Waals surface area contributed by atoms with Gasteiger partial charge in [-0.3, -0.25) is 0 Å². The molecule has 0 heterocycles. The van der Waals surface area contributed by atoms with E-state index in [-0.39, 0.29) is 5.82 Å². The Hall–Kier alpha value is -1.38. The van der Waals surface area contributed by atoms with Crippen LogP contribution in [0.5, 0.6) is 0 Å². The number of hydrogen-bond acceptors (Lipinski definition) is 1. The van der Waals surface area contributed by atoms with Crippen LogP contribution in [0.4, 0.5) is 4.39 Å². The van der Waals surface area contributed by atoms with Crippen molar-refractivity contribution in [2.24, 2.45) is 5.73 Å². The summed E-state index contributed by atoms with van der Waals surface area (Å²) in [5.74, 6) is -0.228. The molecule has 18 heavy (non-hydrogen) atoms. The second-order valence-electron chi connectivity index (χ2n) is 4.65.